The van der Waals surface area contributed by atoms with Gasteiger partial charge in [-0.15, -0.1) is 0 Å². The molecule has 0 atom stereocenters. The van der Waals surface area contributed by atoms with Crippen molar-refractivity contribution in [1.82, 2.24) is 4.57 Å². The molecule has 0 fully saturated rings. The molecule has 0 aliphatic carbocycles. The molecule has 0 bridgehead atoms. The highest BCUT2D eigenvalue weighted by atomic mass is 79.9. The van der Waals surface area contributed by atoms with Gasteiger partial charge in [0.15, 0.2) is 5.78 Å². The van der Waals surface area contributed by atoms with E-state index in [1.165, 1.54) is 5.56 Å². The predicted octanol–water partition coefficient (Wildman–Crippen LogP) is -0.234. The van der Waals surface area contributed by atoms with Gasteiger partial charge in [-0.3, -0.25) is 10.5 Å². The molecule has 0 amide bonds. The van der Waals surface area contributed by atoms with Crippen molar-refractivity contribution in [2.24, 2.45) is 7.05 Å². The van der Waals surface area contributed by atoms with Crippen LogP contribution >= 0.6 is 0 Å². The number of aryl methyl sites for hydroxylation is 1. The third-order valence-electron chi connectivity index (χ3n) is 4.35. The number of aromatic nitrogens is 2. The summed E-state index contributed by atoms with van der Waals surface area (Å²) in [5, 5.41) is 0. The SMILES string of the molecule is COc1ccc(C(=O)C[n+]2cc(-c3ccc(C)cc3)n(C)c2N)cc1.[Br-]. The van der Waals surface area contributed by atoms with Crippen molar-refractivity contribution in [3.8, 4) is 17.0 Å². The van der Waals surface area contributed by atoms with E-state index >= 15 is 0 Å². The number of hydrogen-bond donors (Lipinski definition) is 1. The van der Waals surface area contributed by atoms with Gasteiger partial charge < -0.3 is 21.7 Å². The van der Waals surface area contributed by atoms with Gasteiger partial charge in [0, 0.05) is 11.1 Å². The molecule has 0 aliphatic rings. The topological polar surface area (TPSA) is 61.1 Å². The van der Waals surface area contributed by atoms with Crippen LogP contribution in [0.5, 0.6) is 5.75 Å². The van der Waals surface area contributed by atoms with E-state index in [0.717, 1.165) is 17.0 Å². The number of ether oxygens (including phenoxy) is 1. The van der Waals surface area contributed by atoms with Gasteiger partial charge in [-0.1, -0.05) is 29.8 Å². The quantitative estimate of drug-likeness (QED) is 0.462. The maximum atomic E-state index is 12.5. The van der Waals surface area contributed by atoms with Crippen LogP contribution in [0.3, 0.4) is 0 Å². The first-order valence-electron chi connectivity index (χ1n) is 8.08. The molecule has 0 saturated carbocycles. The Labute approximate surface area is 163 Å². The van der Waals surface area contributed by atoms with E-state index in [4.69, 9.17) is 10.5 Å². The van der Waals surface area contributed by atoms with E-state index < -0.39 is 0 Å². The molecule has 2 N–H and O–H groups in total. The Hall–Kier alpha value is -2.60. The van der Waals surface area contributed by atoms with E-state index in [9.17, 15) is 4.79 Å². The lowest BCUT2D eigenvalue weighted by Gasteiger charge is -2.02. The average Bonchev–Trinajstić information content (AvgIpc) is 2.91. The number of anilines is 1. The lowest BCUT2D eigenvalue weighted by atomic mass is 10.1. The fourth-order valence-electron chi connectivity index (χ4n) is 2.76. The summed E-state index contributed by atoms with van der Waals surface area (Å²) in [7, 11) is 3.50. The van der Waals surface area contributed by atoms with Gasteiger partial charge >= 0.3 is 5.95 Å². The summed E-state index contributed by atoms with van der Waals surface area (Å²) < 4.78 is 8.80. The predicted molar refractivity (Wildman–Crippen MR) is 97.5 cm³/mol. The number of rotatable bonds is 5. The summed E-state index contributed by atoms with van der Waals surface area (Å²) in [5.41, 5.74) is 10.1. The third kappa shape index (κ3) is 3.96. The lowest BCUT2D eigenvalue weighted by molar-refractivity contribution is -0.667. The van der Waals surface area contributed by atoms with Crippen molar-refractivity contribution in [2.45, 2.75) is 13.5 Å². The molecule has 26 heavy (non-hydrogen) atoms. The standard InChI is InChI=1S/C20H21N3O2.BrH/c1-14-4-6-15(7-5-14)18-12-23(20(21)22(18)2)13-19(24)16-8-10-17(25-3)11-9-16;/h4-12,21H,13H2,1-3H3;1H. The first-order valence-corrected chi connectivity index (χ1v) is 8.08. The molecule has 136 valence electrons. The Morgan fingerprint density at radius 1 is 1.12 bits per heavy atom. The van der Waals surface area contributed by atoms with Crippen LogP contribution in [0.1, 0.15) is 15.9 Å². The Kier molecular flexibility index (Phi) is 6.21. The highest BCUT2D eigenvalue weighted by Gasteiger charge is 2.20. The van der Waals surface area contributed by atoms with E-state index in [-0.39, 0.29) is 29.3 Å². The number of methoxy groups -OCH3 is 1. The zero-order valence-corrected chi connectivity index (χ0v) is 16.7. The number of halogens is 1. The number of nitrogens with two attached hydrogens (primary N) is 1. The molecule has 3 rings (SSSR count). The van der Waals surface area contributed by atoms with Crippen LogP contribution in [0.15, 0.2) is 54.7 Å². The molecule has 3 aromatic rings. The Balaban J connectivity index is 0.00000243. The van der Waals surface area contributed by atoms with Gasteiger partial charge in [0.05, 0.1) is 14.2 Å². The van der Waals surface area contributed by atoms with Crippen molar-refractivity contribution >= 4 is 11.7 Å². The van der Waals surface area contributed by atoms with Crippen molar-refractivity contribution in [3.05, 3.63) is 65.9 Å². The number of nitrogens with zero attached hydrogens (tertiary/aromatic N) is 2. The Morgan fingerprint density at radius 3 is 2.31 bits per heavy atom. The number of ketones is 1. The molecule has 6 heteroatoms. The van der Waals surface area contributed by atoms with E-state index in [1.807, 2.05) is 17.8 Å². The number of nitrogen functional groups attached to an aromatic ring is 1. The van der Waals surface area contributed by atoms with Gasteiger partial charge in [-0.05, 0) is 31.2 Å². The second kappa shape index (κ2) is 8.19. The van der Waals surface area contributed by atoms with Crippen LogP contribution in [0.4, 0.5) is 5.95 Å². The normalized spacial score (nSPS) is 10.3. The largest absolute Gasteiger partial charge is 1.00 e. The number of imidazole rings is 1. The zero-order valence-electron chi connectivity index (χ0n) is 15.1. The minimum Gasteiger partial charge on any atom is -1.00 e. The fraction of sp³-hybridized carbons (Fsp3) is 0.200. The van der Waals surface area contributed by atoms with Gasteiger partial charge in [0.25, 0.3) is 0 Å². The van der Waals surface area contributed by atoms with Gasteiger partial charge in [-0.25, -0.2) is 9.13 Å². The van der Waals surface area contributed by atoms with Crippen LogP contribution in [0.25, 0.3) is 11.3 Å². The van der Waals surface area contributed by atoms with Crippen LogP contribution in [-0.2, 0) is 13.6 Å². The summed E-state index contributed by atoms with van der Waals surface area (Å²) in [6.45, 7) is 2.24. The second-order valence-electron chi connectivity index (χ2n) is 6.08. The van der Waals surface area contributed by atoms with E-state index in [1.54, 1.807) is 35.9 Å². The Bertz CT molecular complexity index is 900. The van der Waals surface area contributed by atoms with Crippen LogP contribution in [0, 0.1) is 6.92 Å². The third-order valence-corrected chi connectivity index (χ3v) is 4.35. The van der Waals surface area contributed by atoms with E-state index in [0.29, 0.717) is 11.5 Å². The smallest absolute Gasteiger partial charge is 0.355 e. The molecule has 0 unspecified atom stereocenters. The van der Waals surface area contributed by atoms with Crippen molar-refractivity contribution in [1.29, 1.82) is 0 Å². The first kappa shape index (κ1) is 19.7. The molecule has 5 nitrogen and oxygen atoms in total. The Morgan fingerprint density at radius 2 is 1.73 bits per heavy atom. The molecule has 0 saturated heterocycles. The fourth-order valence-corrected chi connectivity index (χ4v) is 2.76. The van der Waals surface area contributed by atoms with Crippen molar-refractivity contribution in [3.63, 3.8) is 0 Å². The first-order chi connectivity index (χ1) is 12.0. The molecule has 0 radical (unpaired) electrons. The van der Waals surface area contributed by atoms with Gasteiger partial charge in [0.2, 0.25) is 0 Å². The number of hydrogen-bond acceptors (Lipinski definition) is 3. The molecule has 0 aliphatic heterocycles. The molecular formula is C20H22BrN3O2. The summed E-state index contributed by atoms with van der Waals surface area (Å²) in [6.07, 6.45) is 1.92. The van der Waals surface area contributed by atoms with Crippen LogP contribution in [-0.4, -0.2) is 17.5 Å². The second-order valence-corrected chi connectivity index (χ2v) is 6.08. The average molecular weight is 416 g/mol. The number of benzene rings is 2. The maximum Gasteiger partial charge on any atom is 0.355 e. The number of Topliss-reactive ketones (excluding diaryl/α,β-unsaturated/α-hetero) is 1. The molecule has 0 spiro atoms. The van der Waals surface area contributed by atoms with E-state index in [2.05, 4.69) is 31.2 Å². The van der Waals surface area contributed by atoms with Gasteiger partial charge in [-0.2, -0.15) is 0 Å². The van der Waals surface area contributed by atoms with Gasteiger partial charge in [0.1, 0.15) is 24.2 Å². The highest BCUT2D eigenvalue weighted by molar-refractivity contribution is 5.95. The summed E-state index contributed by atoms with van der Waals surface area (Å²) >= 11 is 0. The van der Waals surface area contributed by atoms with Crippen LogP contribution in [0.2, 0.25) is 0 Å². The minimum atomic E-state index is 0. The molecule has 2 aromatic carbocycles. The highest BCUT2D eigenvalue weighted by Crippen LogP contribution is 2.20. The molecular weight excluding hydrogens is 394 g/mol. The summed E-state index contributed by atoms with van der Waals surface area (Å²) in [4.78, 5) is 12.5. The maximum absolute atomic E-state index is 12.5. The molecule has 1 heterocycles. The summed E-state index contributed by atoms with van der Waals surface area (Å²) in [6, 6.07) is 15.3. The van der Waals surface area contributed by atoms with Crippen molar-refractivity contribution < 1.29 is 31.1 Å². The van der Waals surface area contributed by atoms with Crippen LogP contribution < -0.4 is 32.0 Å². The number of carbonyl (C=O) groups excluding carboxylic acids is 1. The lowest BCUT2D eigenvalue weighted by Crippen LogP contribution is -3.00. The van der Waals surface area contributed by atoms with Crippen molar-refractivity contribution in [2.75, 3.05) is 12.8 Å². The zero-order chi connectivity index (χ0) is 18.0. The summed E-state index contributed by atoms with van der Waals surface area (Å²) in [5.74, 6) is 1.27. The molecule has 1 aromatic heterocycles. The monoisotopic (exact) mass is 415 g/mol. The number of carbonyl (C=O) groups is 1. The minimum absolute atomic E-state index is 0.